The SMILES string of the molecule is Cc1ccc(C(N)C2CCS(=O)(=O)C2)c(F)c1F. The van der Waals surface area contributed by atoms with Gasteiger partial charge in [0, 0.05) is 11.6 Å². The summed E-state index contributed by atoms with van der Waals surface area (Å²) < 4.78 is 49.9. The molecular formula is C12H15F2NO2S. The van der Waals surface area contributed by atoms with Gasteiger partial charge in [-0.1, -0.05) is 12.1 Å². The van der Waals surface area contributed by atoms with Crippen LogP contribution in [0.5, 0.6) is 0 Å². The summed E-state index contributed by atoms with van der Waals surface area (Å²) >= 11 is 0. The highest BCUT2D eigenvalue weighted by atomic mass is 32.2. The highest BCUT2D eigenvalue weighted by Gasteiger charge is 2.34. The number of sulfone groups is 1. The average molecular weight is 275 g/mol. The molecule has 1 fully saturated rings. The Morgan fingerprint density at radius 3 is 2.56 bits per heavy atom. The van der Waals surface area contributed by atoms with Gasteiger partial charge in [0.15, 0.2) is 21.5 Å². The van der Waals surface area contributed by atoms with E-state index in [1.165, 1.54) is 19.1 Å². The summed E-state index contributed by atoms with van der Waals surface area (Å²) in [6, 6.07) is 2.11. The molecule has 0 aliphatic carbocycles. The average Bonchev–Trinajstić information content (AvgIpc) is 2.66. The first-order valence-electron chi connectivity index (χ1n) is 5.72. The van der Waals surface area contributed by atoms with Gasteiger partial charge >= 0.3 is 0 Å². The van der Waals surface area contributed by atoms with E-state index in [-0.39, 0.29) is 28.6 Å². The molecule has 6 heteroatoms. The van der Waals surface area contributed by atoms with E-state index in [4.69, 9.17) is 5.73 Å². The van der Waals surface area contributed by atoms with E-state index in [0.29, 0.717) is 6.42 Å². The van der Waals surface area contributed by atoms with Gasteiger partial charge < -0.3 is 5.73 Å². The molecule has 1 aliphatic rings. The summed E-state index contributed by atoms with van der Waals surface area (Å²) in [6.07, 6.45) is 0.401. The molecule has 0 aromatic heterocycles. The lowest BCUT2D eigenvalue weighted by Gasteiger charge is -2.19. The number of nitrogens with two attached hydrogens (primary N) is 1. The van der Waals surface area contributed by atoms with Crippen LogP contribution in [0.25, 0.3) is 0 Å². The third-order valence-electron chi connectivity index (χ3n) is 3.44. The molecule has 3 nitrogen and oxygen atoms in total. The van der Waals surface area contributed by atoms with Crippen LogP contribution < -0.4 is 5.73 Å². The molecule has 0 bridgehead atoms. The van der Waals surface area contributed by atoms with E-state index >= 15 is 0 Å². The van der Waals surface area contributed by atoms with E-state index < -0.39 is 27.5 Å². The quantitative estimate of drug-likeness (QED) is 0.893. The highest BCUT2D eigenvalue weighted by Crippen LogP contribution is 2.31. The number of benzene rings is 1. The molecular weight excluding hydrogens is 260 g/mol. The van der Waals surface area contributed by atoms with Gasteiger partial charge in [-0.3, -0.25) is 0 Å². The van der Waals surface area contributed by atoms with Crippen molar-refractivity contribution in [1.82, 2.24) is 0 Å². The first-order valence-corrected chi connectivity index (χ1v) is 7.54. The second-order valence-corrected chi connectivity index (χ2v) is 7.02. The molecule has 1 saturated heterocycles. The van der Waals surface area contributed by atoms with Crippen LogP contribution in [0.4, 0.5) is 8.78 Å². The maximum Gasteiger partial charge on any atom is 0.163 e. The number of halogens is 2. The number of hydrogen-bond donors (Lipinski definition) is 1. The minimum absolute atomic E-state index is 0.0525. The summed E-state index contributed by atoms with van der Waals surface area (Å²) in [5.74, 6) is -2.20. The van der Waals surface area contributed by atoms with Crippen molar-refractivity contribution in [3.8, 4) is 0 Å². The van der Waals surface area contributed by atoms with Crippen molar-refractivity contribution in [3.05, 3.63) is 34.9 Å². The van der Waals surface area contributed by atoms with Crippen molar-refractivity contribution in [2.24, 2.45) is 11.7 Å². The second kappa shape index (κ2) is 4.59. The minimum atomic E-state index is -3.08. The lowest BCUT2D eigenvalue weighted by atomic mass is 9.92. The van der Waals surface area contributed by atoms with Gasteiger partial charge in [0.1, 0.15) is 0 Å². The Bertz CT molecular complexity index is 572. The molecule has 1 aromatic rings. The van der Waals surface area contributed by atoms with Crippen LogP contribution in [-0.4, -0.2) is 19.9 Å². The monoisotopic (exact) mass is 275 g/mol. The fourth-order valence-electron chi connectivity index (χ4n) is 2.28. The predicted molar refractivity (Wildman–Crippen MR) is 64.8 cm³/mol. The molecule has 1 aliphatic heterocycles. The Hall–Kier alpha value is -1.01. The van der Waals surface area contributed by atoms with Gasteiger partial charge in [-0.05, 0) is 24.8 Å². The Balaban J connectivity index is 2.30. The maximum absolute atomic E-state index is 13.8. The molecule has 2 unspecified atom stereocenters. The first-order chi connectivity index (χ1) is 8.32. The number of hydrogen-bond acceptors (Lipinski definition) is 3. The van der Waals surface area contributed by atoms with Gasteiger partial charge in [-0.15, -0.1) is 0 Å². The lowest BCUT2D eigenvalue weighted by molar-refractivity contribution is 0.435. The van der Waals surface area contributed by atoms with Crippen molar-refractivity contribution >= 4 is 9.84 Å². The van der Waals surface area contributed by atoms with E-state index in [9.17, 15) is 17.2 Å². The zero-order valence-electron chi connectivity index (χ0n) is 9.99. The van der Waals surface area contributed by atoms with Gasteiger partial charge in [0.25, 0.3) is 0 Å². The smallest absolute Gasteiger partial charge is 0.163 e. The molecule has 0 spiro atoms. The number of rotatable bonds is 2. The fourth-order valence-corrected chi connectivity index (χ4v) is 4.13. The van der Waals surface area contributed by atoms with Crippen molar-refractivity contribution in [1.29, 1.82) is 0 Å². The van der Waals surface area contributed by atoms with E-state index in [2.05, 4.69) is 0 Å². The Morgan fingerprint density at radius 1 is 1.33 bits per heavy atom. The summed E-state index contributed by atoms with van der Waals surface area (Å²) in [6.45, 7) is 1.47. The summed E-state index contributed by atoms with van der Waals surface area (Å²) in [5.41, 5.74) is 6.14. The topological polar surface area (TPSA) is 60.2 Å². The molecule has 0 saturated carbocycles. The summed E-state index contributed by atoms with van der Waals surface area (Å²) in [4.78, 5) is 0. The molecule has 2 N–H and O–H groups in total. The Labute approximate surface area is 105 Å². The van der Waals surface area contributed by atoms with Crippen LogP contribution in [0.3, 0.4) is 0 Å². The van der Waals surface area contributed by atoms with Crippen LogP contribution in [0.2, 0.25) is 0 Å². The van der Waals surface area contributed by atoms with Crippen molar-refractivity contribution < 1.29 is 17.2 Å². The van der Waals surface area contributed by atoms with E-state index in [0.717, 1.165) is 0 Å². The molecule has 1 aromatic carbocycles. The number of aryl methyl sites for hydroxylation is 1. The Morgan fingerprint density at radius 2 is 2.00 bits per heavy atom. The van der Waals surface area contributed by atoms with E-state index in [1.807, 2.05) is 0 Å². The molecule has 18 heavy (non-hydrogen) atoms. The zero-order valence-corrected chi connectivity index (χ0v) is 10.8. The summed E-state index contributed by atoms with van der Waals surface area (Å²) in [5, 5.41) is 0. The third-order valence-corrected chi connectivity index (χ3v) is 5.23. The van der Waals surface area contributed by atoms with Gasteiger partial charge in [-0.2, -0.15) is 0 Å². The Kier molecular flexibility index (Phi) is 3.42. The summed E-state index contributed by atoms with van der Waals surface area (Å²) in [7, 11) is -3.08. The van der Waals surface area contributed by atoms with Crippen LogP contribution >= 0.6 is 0 Å². The first kappa shape index (κ1) is 13.4. The molecule has 1 heterocycles. The van der Waals surface area contributed by atoms with Crippen LogP contribution in [0.1, 0.15) is 23.6 Å². The lowest BCUT2D eigenvalue weighted by Crippen LogP contribution is -2.24. The van der Waals surface area contributed by atoms with Crippen molar-refractivity contribution in [3.63, 3.8) is 0 Å². The highest BCUT2D eigenvalue weighted by molar-refractivity contribution is 7.91. The maximum atomic E-state index is 13.8. The van der Waals surface area contributed by atoms with Crippen LogP contribution in [0, 0.1) is 24.5 Å². The fraction of sp³-hybridized carbons (Fsp3) is 0.500. The molecule has 100 valence electrons. The standard InChI is InChI=1S/C12H15F2NO2S/c1-7-2-3-9(11(14)10(7)13)12(15)8-4-5-18(16,17)6-8/h2-3,8,12H,4-6,15H2,1H3. The predicted octanol–water partition coefficient (Wildman–Crippen LogP) is 1.71. The van der Waals surface area contributed by atoms with Crippen molar-refractivity contribution in [2.75, 3.05) is 11.5 Å². The second-order valence-electron chi connectivity index (χ2n) is 4.79. The minimum Gasteiger partial charge on any atom is -0.324 e. The van der Waals surface area contributed by atoms with Crippen LogP contribution in [-0.2, 0) is 9.84 Å². The van der Waals surface area contributed by atoms with Gasteiger partial charge in [-0.25, -0.2) is 17.2 Å². The van der Waals surface area contributed by atoms with Gasteiger partial charge in [0.2, 0.25) is 0 Å². The molecule has 0 radical (unpaired) electrons. The van der Waals surface area contributed by atoms with Gasteiger partial charge in [0.05, 0.1) is 11.5 Å². The van der Waals surface area contributed by atoms with E-state index in [1.54, 1.807) is 0 Å². The zero-order chi connectivity index (χ0) is 13.5. The molecule has 2 rings (SSSR count). The third kappa shape index (κ3) is 2.40. The normalized spacial score (nSPS) is 24.1. The van der Waals surface area contributed by atoms with Crippen molar-refractivity contribution in [2.45, 2.75) is 19.4 Å². The van der Waals surface area contributed by atoms with Crippen LogP contribution in [0.15, 0.2) is 12.1 Å². The largest absolute Gasteiger partial charge is 0.324 e. The molecule has 2 atom stereocenters. The molecule has 0 amide bonds.